The monoisotopic (exact) mass is 471 g/mol. The van der Waals surface area contributed by atoms with Gasteiger partial charge < -0.3 is 19.7 Å². The number of ether oxygens (including phenoxy) is 2. The van der Waals surface area contributed by atoms with Crippen molar-refractivity contribution in [2.45, 2.75) is 59.0 Å². The second kappa shape index (κ2) is 13.6. The maximum atomic E-state index is 13.3. The number of rotatable bonds is 8. The molecule has 1 unspecified atom stereocenters. The Bertz CT molecular complexity index is 854. The van der Waals surface area contributed by atoms with E-state index < -0.39 is 18.2 Å². The number of carbonyl (C=O) groups is 2. The summed E-state index contributed by atoms with van der Waals surface area (Å²) in [5.41, 5.74) is 0.895. The van der Waals surface area contributed by atoms with E-state index in [-0.39, 0.29) is 23.9 Å². The summed E-state index contributed by atoms with van der Waals surface area (Å²) in [5.74, 6) is -0.0603. The zero-order chi connectivity index (χ0) is 25.0. The summed E-state index contributed by atoms with van der Waals surface area (Å²) in [7, 11) is 0. The first-order valence-corrected chi connectivity index (χ1v) is 11.8. The van der Waals surface area contributed by atoms with Gasteiger partial charge in [0.15, 0.2) is 0 Å². The number of hydrogen-bond donors (Lipinski definition) is 2. The maximum Gasteiger partial charge on any atom is 0.413 e. The molecule has 0 bridgehead atoms. The smallest absolute Gasteiger partial charge is 0.413 e. The van der Waals surface area contributed by atoms with Gasteiger partial charge >= 0.3 is 6.09 Å². The molecule has 1 aromatic rings. The quantitative estimate of drug-likeness (QED) is 0.445. The second-order valence-corrected chi connectivity index (χ2v) is 9.39. The molecule has 2 atom stereocenters. The molecular formula is C25H37N5O4. The molecule has 9 nitrogen and oxygen atoms in total. The molecule has 34 heavy (non-hydrogen) atoms. The van der Waals surface area contributed by atoms with Crippen LogP contribution in [0.2, 0.25) is 0 Å². The van der Waals surface area contributed by atoms with Gasteiger partial charge in [-0.25, -0.2) is 9.79 Å². The number of nitrogens with zero attached hydrogens (tertiary/aromatic N) is 3. The normalized spacial score (nSPS) is 16.2. The first-order chi connectivity index (χ1) is 16.2. The van der Waals surface area contributed by atoms with Crippen LogP contribution in [0.5, 0.6) is 0 Å². The number of nitriles is 1. The molecule has 0 aromatic heterocycles. The molecule has 1 fully saturated rings. The molecule has 2 amide bonds. The molecule has 1 saturated heterocycles. The third kappa shape index (κ3) is 9.79. The van der Waals surface area contributed by atoms with Crippen molar-refractivity contribution in [2.24, 2.45) is 10.4 Å². The Balaban J connectivity index is 2.20. The van der Waals surface area contributed by atoms with Crippen LogP contribution in [-0.2, 0) is 20.7 Å². The van der Waals surface area contributed by atoms with E-state index in [1.54, 1.807) is 6.92 Å². The summed E-state index contributed by atoms with van der Waals surface area (Å²) in [6, 6.07) is 10.6. The highest BCUT2D eigenvalue weighted by Crippen LogP contribution is 2.23. The highest BCUT2D eigenvalue weighted by atomic mass is 16.5. The number of amides is 2. The van der Waals surface area contributed by atoms with E-state index in [1.165, 1.54) is 0 Å². The van der Waals surface area contributed by atoms with Crippen molar-refractivity contribution in [3.63, 3.8) is 0 Å². The van der Waals surface area contributed by atoms with Crippen LogP contribution in [-0.4, -0.2) is 67.9 Å². The number of guanidine groups is 1. The molecule has 0 spiro atoms. The van der Waals surface area contributed by atoms with E-state index >= 15 is 0 Å². The summed E-state index contributed by atoms with van der Waals surface area (Å²) in [6.45, 7) is 10.1. The van der Waals surface area contributed by atoms with Crippen molar-refractivity contribution in [1.82, 2.24) is 15.5 Å². The van der Waals surface area contributed by atoms with Gasteiger partial charge in [-0.1, -0.05) is 51.1 Å². The molecule has 9 heteroatoms. The van der Waals surface area contributed by atoms with Gasteiger partial charge in [-0.2, -0.15) is 5.26 Å². The maximum absolute atomic E-state index is 13.3. The van der Waals surface area contributed by atoms with E-state index in [4.69, 9.17) is 9.47 Å². The van der Waals surface area contributed by atoms with Gasteiger partial charge in [-0.15, -0.1) is 0 Å². The zero-order valence-electron chi connectivity index (χ0n) is 20.7. The van der Waals surface area contributed by atoms with Crippen LogP contribution in [0.25, 0.3) is 0 Å². The number of hydrogen-bond acceptors (Lipinski definition) is 6. The first-order valence-electron chi connectivity index (χ1n) is 11.8. The van der Waals surface area contributed by atoms with Crippen LogP contribution >= 0.6 is 0 Å². The Morgan fingerprint density at radius 1 is 1.24 bits per heavy atom. The van der Waals surface area contributed by atoms with Gasteiger partial charge in [0.2, 0.25) is 11.9 Å². The minimum Gasteiger partial charge on any atom is -0.450 e. The number of nitrogens with one attached hydrogen (secondary N) is 2. The van der Waals surface area contributed by atoms with Gasteiger partial charge in [0.25, 0.3) is 0 Å². The Morgan fingerprint density at radius 2 is 1.91 bits per heavy atom. The van der Waals surface area contributed by atoms with Crippen molar-refractivity contribution in [3.05, 3.63) is 35.9 Å². The average molecular weight is 472 g/mol. The minimum absolute atomic E-state index is 0.211. The molecule has 1 aliphatic heterocycles. The van der Waals surface area contributed by atoms with Crippen LogP contribution in [0.1, 0.15) is 46.1 Å². The summed E-state index contributed by atoms with van der Waals surface area (Å²) < 4.78 is 10.4. The van der Waals surface area contributed by atoms with Gasteiger partial charge in [-0.3, -0.25) is 10.1 Å². The SMILES string of the molecule is CCOC(=O)NC(=NC(CC(C)(C)C)C(=O)N[C@H](C#N)CCc1ccccc1)N1CCOCC1. The lowest BCUT2D eigenvalue weighted by Gasteiger charge is -2.31. The third-order valence-corrected chi connectivity index (χ3v) is 5.22. The summed E-state index contributed by atoms with van der Waals surface area (Å²) in [6.07, 6.45) is 0.986. The summed E-state index contributed by atoms with van der Waals surface area (Å²) >= 11 is 0. The lowest BCUT2D eigenvalue weighted by atomic mass is 9.88. The number of carbonyl (C=O) groups excluding carboxylic acids is 2. The predicted molar refractivity (Wildman–Crippen MR) is 130 cm³/mol. The number of benzene rings is 1. The van der Waals surface area contributed by atoms with E-state index in [9.17, 15) is 14.9 Å². The minimum atomic E-state index is -0.785. The van der Waals surface area contributed by atoms with Crippen LogP contribution in [0.4, 0.5) is 4.79 Å². The predicted octanol–water partition coefficient (Wildman–Crippen LogP) is 2.87. The fourth-order valence-electron chi connectivity index (χ4n) is 3.54. The number of alkyl carbamates (subject to hydrolysis) is 1. The molecule has 0 radical (unpaired) electrons. The van der Waals surface area contributed by atoms with E-state index in [0.29, 0.717) is 45.6 Å². The van der Waals surface area contributed by atoms with Gasteiger partial charge in [-0.05, 0) is 37.2 Å². The van der Waals surface area contributed by atoms with Crippen LogP contribution in [0, 0.1) is 16.7 Å². The number of aryl methyl sites for hydroxylation is 1. The first kappa shape index (κ1) is 27.1. The third-order valence-electron chi connectivity index (χ3n) is 5.22. The highest BCUT2D eigenvalue weighted by Gasteiger charge is 2.29. The van der Waals surface area contributed by atoms with Crippen LogP contribution in [0.15, 0.2) is 35.3 Å². The Labute approximate surface area is 202 Å². The highest BCUT2D eigenvalue weighted by molar-refractivity contribution is 5.96. The van der Waals surface area contributed by atoms with Gasteiger partial charge in [0.1, 0.15) is 12.1 Å². The van der Waals surface area contributed by atoms with E-state index in [2.05, 4.69) is 21.7 Å². The number of aliphatic imine (C=N–C) groups is 1. The number of morpholine rings is 1. The van der Waals surface area contributed by atoms with Crippen molar-refractivity contribution < 1.29 is 19.1 Å². The lowest BCUT2D eigenvalue weighted by Crippen LogP contribution is -2.51. The molecular weight excluding hydrogens is 434 g/mol. The standard InChI is InChI=1S/C25H37N5O4/c1-5-34-24(32)29-23(30-13-15-33-16-14-30)28-21(17-25(2,3)4)22(31)27-20(18-26)12-11-19-9-7-6-8-10-19/h6-10,20-21H,5,11-17H2,1-4H3,(H,27,31)(H,28,29,32)/t20-,21?/m0/s1. The van der Waals surface area contributed by atoms with Crippen molar-refractivity contribution in [1.29, 1.82) is 5.26 Å². The summed E-state index contributed by atoms with van der Waals surface area (Å²) in [5, 5.41) is 15.2. The lowest BCUT2D eigenvalue weighted by molar-refractivity contribution is -0.123. The Hall–Kier alpha value is -3.12. The molecule has 186 valence electrons. The Morgan fingerprint density at radius 3 is 2.50 bits per heavy atom. The largest absolute Gasteiger partial charge is 0.450 e. The fraction of sp³-hybridized carbons (Fsp3) is 0.600. The average Bonchev–Trinajstić information content (AvgIpc) is 2.81. The van der Waals surface area contributed by atoms with Crippen molar-refractivity contribution in [3.8, 4) is 6.07 Å². The molecule has 2 N–H and O–H groups in total. The molecule has 2 rings (SSSR count). The molecule has 0 saturated carbocycles. The van der Waals surface area contributed by atoms with Crippen molar-refractivity contribution in [2.75, 3.05) is 32.9 Å². The fourth-order valence-corrected chi connectivity index (χ4v) is 3.54. The van der Waals surface area contributed by atoms with Crippen LogP contribution < -0.4 is 10.6 Å². The molecule has 0 aliphatic carbocycles. The Kier molecular flexibility index (Phi) is 10.8. The van der Waals surface area contributed by atoms with E-state index in [1.807, 2.05) is 56.0 Å². The topological polar surface area (TPSA) is 116 Å². The van der Waals surface area contributed by atoms with Gasteiger partial charge in [0, 0.05) is 13.1 Å². The van der Waals surface area contributed by atoms with Crippen molar-refractivity contribution >= 4 is 18.0 Å². The second-order valence-electron chi connectivity index (χ2n) is 9.39. The molecule has 1 heterocycles. The van der Waals surface area contributed by atoms with Gasteiger partial charge in [0.05, 0.1) is 25.9 Å². The zero-order valence-corrected chi connectivity index (χ0v) is 20.7. The van der Waals surface area contributed by atoms with Crippen LogP contribution in [0.3, 0.4) is 0 Å². The summed E-state index contributed by atoms with van der Waals surface area (Å²) in [4.78, 5) is 32.0. The molecule has 1 aliphatic rings. The molecule has 1 aromatic carbocycles. The van der Waals surface area contributed by atoms with E-state index in [0.717, 1.165) is 5.56 Å².